The molecule has 0 aromatic heterocycles. The number of nitrogens with zero attached hydrogens (tertiary/aromatic N) is 2. The van der Waals surface area contributed by atoms with Crippen LogP contribution in [0.2, 0.25) is 0 Å². The third-order valence-electron chi connectivity index (χ3n) is 5.25. The number of fused-ring (bicyclic) bond motifs is 1. The van der Waals surface area contributed by atoms with Crippen LogP contribution in [0.4, 0.5) is 4.79 Å². The van der Waals surface area contributed by atoms with Crippen molar-refractivity contribution in [2.75, 3.05) is 19.6 Å². The van der Waals surface area contributed by atoms with Gasteiger partial charge in [0.05, 0.1) is 0 Å². The number of urea groups is 1. The second-order valence-electron chi connectivity index (χ2n) is 6.83. The highest BCUT2D eigenvalue weighted by Crippen LogP contribution is 2.18. The summed E-state index contributed by atoms with van der Waals surface area (Å²) in [5.41, 5.74) is 5.11. The first-order valence-electron chi connectivity index (χ1n) is 9.60. The largest absolute Gasteiger partial charge is 0.334 e. The van der Waals surface area contributed by atoms with Crippen LogP contribution in [0.1, 0.15) is 36.1 Å². The molecule has 0 spiro atoms. The Labute approximate surface area is 156 Å². The second kappa shape index (κ2) is 8.86. The summed E-state index contributed by atoms with van der Waals surface area (Å²) < 4.78 is 0. The van der Waals surface area contributed by atoms with E-state index in [-0.39, 0.29) is 6.03 Å². The molecular weight excluding hydrogens is 322 g/mol. The Morgan fingerprint density at radius 1 is 1.00 bits per heavy atom. The van der Waals surface area contributed by atoms with Crippen LogP contribution in [0, 0.1) is 0 Å². The first kappa shape index (κ1) is 18.5. The first-order valence-corrected chi connectivity index (χ1v) is 9.60. The number of carbonyl (C=O) groups excluding carboxylic acids is 1. The zero-order valence-electron chi connectivity index (χ0n) is 15.9. The molecule has 2 aromatic rings. The van der Waals surface area contributed by atoms with Crippen molar-refractivity contribution >= 4 is 6.03 Å². The molecule has 1 aliphatic rings. The van der Waals surface area contributed by atoms with E-state index in [9.17, 15) is 4.79 Å². The van der Waals surface area contributed by atoms with Gasteiger partial charge in [-0.25, -0.2) is 4.79 Å². The smallest absolute Gasteiger partial charge is 0.317 e. The molecule has 138 valence electrons. The lowest BCUT2D eigenvalue weighted by Gasteiger charge is -2.29. The maximum atomic E-state index is 12.6. The zero-order chi connectivity index (χ0) is 18.4. The van der Waals surface area contributed by atoms with Crippen LogP contribution in [-0.2, 0) is 26.1 Å². The maximum absolute atomic E-state index is 12.6. The van der Waals surface area contributed by atoms with Crippen molar-refractivity contribution in [3.63, 3.8) is 0 Å². The van der Waals surface area contributed by atoms with Crippen molar-refractivity contribution in [1.82, 2.24) is 15.1 Å². The normalized spacial score (nSPS) is 13.6. The third kappa shape index (κ3) is 4.44. The van der Waals surface area contributed by atoms with E-state index >= 15 is 0 Å². The average molecular weight is 351 g/mol. The lowest BCUT2D eigenvalue weighted by atomic mass is 10.0. The van der Waals surface area contributed by atoms with E-state index in [0.717, 1.165) is 32.6 Å². The van der Waals surface area contributed by atoms with Crippen LogP contribution in [0.3, 0.4) is 0 Å². The maximum Gasteiger partial charge on any atom is 0.317 e. The summed E-state index contributed by atoms with van der Waals surface area (Å²) in [5.74, 6) is 0. The number of carbonyl (C=O) groups is 1. The van der Waals surface area contributed by atoms with Gasteiger partial charge in [-0.2, -0.15) is 0 Å². The highest BCUT2D eigenvalue weighted by Gasteiger charge is 2.20. The summed E-state index contributed by atoms with van der Waals surface area (Å²) in [7, 11) is 0. The number of hydrogen-bond acceptors (Lipinski definition) is 2. The molecule has 0 unspecified atom stereocenters. The molecular formula is C22H29N3O. The standard InChI is InChI=1S/C22H29N3O/c1-3-24(4-2)16-20-11-8-6-10-19(20)15-23-22(26)25-14-13-18-9-5-7-12-21(18)17-25/h5-12H,3-4,13-17H2,1-2H3,(H,23,26). The lowest BCUT2D eigenvalue weighted by molar-refractivity contribution is 0.192. The van der Waals surface area contributed by atoms with Crippen LogP contribution in [0.25, 0.3) is 0 Å². The summed E-state index contributed by atoms with van der Waals surface area (Å²) in [6.45, 7) is 9.41. The first-order chi connectivity index (χ1) is 12.7. The minimum absolute atomic E-state index is 0.0251. The Morgan fingerprint density at radius 3 is 2.38 bits per heavy atom. The number of nitrogens with one attached hydrogen (secondary N) is 1. The van der Waals surface area contributed by atoms with Gasteiger partial charge in [0.25, 0.3) is 0 Å². The van der Waals surface area contributed by atoms with Gasteiger partial charge in [0.2, 0.25) is 0 Å². The molecule has 1 N–H and O–H groups in total. The lowest BCUT2D eigenvalue weighted by Crippen LogP contribution is -2.42. The number of benzene rings is 2. The molecule has 1 aliphatic heterocycles. The van der Waals surface area contributed by atoms with Gasteiger partial charge in [-0.15, -0.1) is 0 Å². The van der Waals surface area contributed by atoms with Crippen LogP contribution in [0.15, 0.2) is 48.5 Å². The summed E-state index contributed by atoms with van der Waals surface area (Å²) in [6, 6.07) is 16.8. The Balaban J connectivity index is 1.60. The number of rotatable bonds is 6. The highest BCUT2D eigenvalue weighted by atomic mass is 16.2. The van der Waals surface area contributed by atoms with Crippen LogP contribution in [0.5, 0.6) is 0 Å². The molecule has 0 saturated heterocycles. The predicted molar refractivity (Wildman–Crippen MR) is 106 cm³/mol. The molecule has 0 fully saturated rings. The van der Waals surface area contributed by atoms with Gasteiger partial charge < -0.3 is 10.2 Å². The number of hydrogen-bond donors (Lipinski definition) is 1. The van der Waals surface area contributed by atoms with E-state index in [1.807, 2.05) is 17.0 Å². The molecule has 4 heteroatoms. The van der Waals surface area contributed by atoms with Crippen molar-refractivity contribution < 1.29 is 4.79 Å². The van der Waals surface area contributed by atoms with Gasteiger partial charge >= 0.3 is 6.03 Å². The molecule has 2 amide bonds. The summed E-state index contributed by atoms with van der Waals surface area (Å²) in [4.78, 5) is 16.9. The van der Waals surface area contributed by atoms with Crippen molar-refractivity contribution in [2.45, 2.75) is 39.9 Å². The van der Waals surface area contributed by atoms with Crippen molar-refractivity contribution in [3.8, 4) is 0 Å². The van der Waals surface area contributed by atoms with Crippen LogP contribution >= 0.6 is 0 Å². The zero-order valence-corrected chi connectivity index (χ0v) is 15.9. The third-order valence-corrected chi connectivity index (χ3v) is 5.25. The Morgan fingerprint density at radius 2 is 1.65 bits per heavy atom. The molecule has 0 atom stereocenters. The second-order valence-corrected chi connectivity index (χ2v) is 6.83. The Bertz CT molecular complexity index is 740. The quantitative estimate of drug-likeness (QED) is 0.859. The fourth-order valence-corrected chi connectivity index (χ4v) is 3.52. The van der Waals surface area contributed by atoms with E-state index in [1.165, 1.54) is 22.3 Å². The SMILES string of the molecule is CCN(CC)Cc1ccccc1CNC(=O)N1CCc2ccccc2C1. The van der Waals surface area contributed by atoms with Gasteiger partial charge in [0.1, 0.15) is 0 Å². The summed E-state index contributed by atoms with van der Waals surface area (Å²) >= 11 is 0. The van der Waals surface area contributed by atoms with E-state index in [0.29, 0.717) is 13.1 Å². The van der Waals surface area contributed by atoms with Gasteiger partial charge in [0.15, 0.2) is 0 Å². The van der Waals surface area contributed by atoms with Gasteiger partial charge in [0, 0.05) is 26.2 Å². The van der Waals surface area contributed by atoms with E-state index in [2.05, 4.69) is 60.5 Å². The number of amides is 2. The monoisotopic (exact) mass is 351 g/mol. The molecule has 0 bridgehead atoms. The molecule has 1 heterocycles. The molecule has 2 aromatic carbocycles. The predicted octanol–water partition coefficient (Wildman–Crippen LogP) is 3.80. The molecule has 0 radical (unpaired) electrons. The molecule has 3 rings (SSSR count). The van der Waals surface area contributed by atoms with E-state index in [1.54, 1.807) is 0 Å². The van der Waals surface area contributed by atoms with E-state index < -0.39 is 0 Å². The van der Waals surface area contributed by atoms with E-state index in [4.69, 9.17) is 0 Å². The van der Waals surface area contributed by atoms with Crippen LogP contribution < -0.4 is 5.32 Å². The highest BCUT2D eigenvalue weighted by molar-refractivity contribution is 5.74. The minimum Gasteiger partial charge on any atom is -0.334 e. The van der Waals surface area contributed by atoms with Gasteiger partial charge in [-0.3, -0.25) is 4.90 Å². The van der Waals surface area contributed by atoms with Crippen molar-refractivity contribution in [2.24, 2.45) is 0 Å². The molecule has 0 aliphatic carbocycles. The fraction of sp³-hybridized carbons (Fsp3) is 0.409. The average Bonchev–Trinajstić information content (AvgIpc) is 2.70. The van der Waals surface area contributed by atoms with Crippen molar-refractivity contribution in [3.05, 3.63) is 70.8 Å². The van der Waals surface area contributed by atoms with Crippen molar-refractivity contribution in [1.29, 1.82) is 0 Å². The minimum atomic E-state index is 0.0251. The van der Waals surface area contributed by atoms with Gasteiger partial charge in [-0.1, -0.05) is 62.4 Å². The summed E-state index contributed by atoms with van der Waals surface area (Å²) in [5, 5.41) is 3.12. The van der Waals surface area contributed by atoms with Gasteiger partial charge in [-0.05, 0) is 41.8 Å². The Kier molecular flexibility index (Phi) is 6.29. The molecule has 0 saturated carbocycles. The Hall–Kier alpha value is -2.33. The topological polar surface area (TPSA) is 35.6 Å². The molecule has 4 nitrogen and oxygen atoms in total. The summed E-state index contributed by atoms with van der Waals surface area (Å²) in [6.07, 6.45) is 0.933. The fourth-order valence-electron chi connectivity index (χ4n) is 3.52. The molecule has 26 heavy (non-hydrogen) atoms. The van der Waals surface area contributed by atoms with Crippen LogP contribution in [-0.4, -0.2) is 35.5 Å².